The second-order valence-corrected chi connectivity index (χ2v) is 5.17. The van der Waals surface area contributed by atoms with Gasteiger partial charge in [0.25, 0.3) is 0 Å². The summed E-state index contributed by atoms with van der Waals surface area (Å²) < 4.78 is 11.0. The van der Waals surface area contributed by atoms with Crippen molar-refractivity contribution in [2.75, 3.05) is 6.61 Å². The van der Waals surface area contributed by atoms with Gasteiger partial charge < -0.3 is 14.5 Å². The third kappa shape index (κ3) is 4.53. The Morgan fingerprint density at radius 1 is 1.33 bits per heavy atom. The third-order valence-electron chi connectivity index (χ3n) is 2.99. The van der Waals surface area contributed by atoms with Crippen molar-refractivity contribution in [3.63, 3.8) is 0 Å². The van der Waals surface area contributed by atoms with Crippen LogP contribution in [0.1, 0.15) is 30.9 Å². The van der Waals surface area contributed by atoms with Gasteiger partial charge in [-0.05, 0) is 38.1 Å². The maximum Gasteiger partial charge on any atom is 0.224 e. The Bertz CT molecular complexity index is 609. The minimum atomic E-state index is -0.161. The molecular formula is C16H18ClNO3. The molecule has 0 unspecified atom stereocenters. The highest BCUT2D eigenvalue weighted by atomic mass is 35.5. The number of hydrogen-bond acceptors (Lipinski definition) is 3. The van der Waals surface area contributed by atoms with Crippen LogP contribution in [-0.2, 0) is 4.79 Å². The van der Waals surface area contributed by atoms with E-state index in [2.05, 4.69) is 5.32 Å². The lowest BCUT2D eigenvalue weighted by atomic mass is 10.2. The fourth-order valence-electron chi connectivity index (χ4n) is 1.89. The summed E-state index contributed by atoms with van der Waals surface area (Å²) in [7, 11) is 0. The van der Waals surface area contributed by atoms with Gasteiger partial charge in [-0.15, -0.1) is 0 Å². The first-order valence-corrected chi connectivity index (χ1v) is 7.17. The molecule has 0 radical (unpaired) electrons. The lowest BCUT2D eigenvalue weighted by Crippen LogP contribution is -2.27. The number of nitrogens with one attached hydrogen (secondary N) is 1. The summed E-state index contributed by atoms with van der Waals surface area (Å²) in [5, 5.41) is 3.40. The SMILES string of the molecule is Cc1ccc([C@H](C)NC(=O)CCOc2ccccc2Cl)o1. The Morgan fingerprint density at radius 3 is 2.76 bits per heavy atom. The van der Waals surface area contributed by atoms with E-state index in [9.17, 15) is 4.79 Å². The normalized spacial score (nSPS) is 12.0. The molecule has 1 N–H and O–H groups in total. The first kappa shape index (κ1) is 15.4. The van der Waals surface area contributed by atoms with E-state index in [-0.39, 0.29) is 25.0 Å². The van der Waals surface area contributed by atoms with Gasteiger partial charge in [-0.25, -0.2) is 0 Å². The van der Waals surface area contributed by atoms with E-state index in [1.165, 1.54) is 0 Å². The summed E-state index contributed by atoms with van der Waals surface area (Å²) in [4.78, 5) is 11.8. The monoisotopic (exact) mass is 307 g/mol. The highest BCUT2D eigenvalue weighted by Gasteiger charge is 2.12. The lowest BCUT2D eigenvalue weighted by Gasteiger charge is -2.12. The Labute approximate surface area is 129 Å². The second kappa shape index (κ2) is 7.18. The Morgan fingerprint density at radius 2 is 2.10 bits per heavy atom. The lowest BCUT2D eigenvalue weighted by molar-refractivity contribution is -0.122. The average Bonchev–Trinajstić information content (AvgIpc) is 2.88. The van der Waals surface area contributed by atoms with Crippen LogP contribution >= 0.6 is 11.6 Å². The van der Waals surface area contributed by atoms with Crippen LogP contribution in [0.3, 0.4) is 0 Å². The van der Waals surface area contributed by atoms with Gasteiger partial charge in [-0.3, -0.25) is 4.79 Å². The standard InChI is InChI=1S/C16H18ClNO3/c1-11-7-8-14(21-11)12(2)18-16(19)9-10-20-15-6-4-3-5-13(15)17/h3-8,12H,9-10H2,1-2H3,(H,18,19)/t12-/m0/s1. The molecule has 1 atom stereocenters. The smallest absolute Gasteiger partial charge is 0.224 e. The van der Waals surface area contributed by atoms with Gasteiger partial charge >= 0.3 is 0 Å². The van der Waals surface area contributed by atoms with Crippen molar-refractivity contribution in [2.45, 2.75) is 26.3 Å². The first-order chi connectivity index (χ1) is 10.1. The number of halogens is 1. The second-order valence-electron chi connectivity index (χ2n) is 4.77. The number of aryl methyl sites for hydroxylation is 1. The molecule has 0 bridgehead atoms. The van der Waals surface area contributed by atoms with Crippen molar-refractivity contribution in [3.05, 3.63) is 52.9 Å². The summed E-state index contributed by atoms with van der Waals surface area (Å²) in [6.45, 7) is 4.03. The molecule has 1 aromatic heterocycles. The van der Waals surface area contributed by atoms with Gasteiger partial charge in [0.15, 0.2) is 0 Å². The molecule has 112 valence electrons. The van der Waals surface area contributed by atoms with Crippen molar-refractivity contribution in [3.8, 4) is 5.75 Å². The molecule has 5 heteroatoms. The highest BCUT2D eigenvalue weighted by molar-refractivity contribution is 6.32. The van der Waals surface area contributed by atoms with Crippen molar-refractivity contribution >= 4 is 17.5 Å². The van der Waals surface area contributed by atoms with E-state index in [0.717, 1.165) is 11.5 Å². The molecule has 0 saturated heterocycles. The summed E-state index contributed by atoms with van der Waals surface area (Å²) in [5.41, 5.74) is 0. The number of rotatable bonds is 6. The molecule has 0 saturated carbocycles. The largest absolute Gasteiger partial charge is 0.491 e. The van der Waals surface area contributed by atoms with Crippen LogP contribution < -0.4 is 10.1 Å². The van der Waals surface area contributed by atoms with Crippen LogP contribution in [0.2, 0.25) is 5.02 Å². The zero-order valence-electron chi connectivity index (χ0n) is 12.1. The average molecular weight is 308 g/mol. The molecular weight excluding hydrogens is 290 g/mol. The maximum atomic E-state index is 11.8. The molecule has 1 heterocycles. The first-order valence-electron chi connectivity index (χ1n) is 6.79. The summed E-state index contributed by atoms with van der Waals surface area (Å²) >= 11 is 5.97. The predicted octanol–water partition coefficient (Wildman–Crippen LogP) is 3.89. The van der Waals surface area contributed by atoms with E-state index in [4.69, 9.17) is 20.8 Å². The molecule has 0 aliphatic heterocycles. The van der Waals surface area contributed by atoms with Crippen molar-refractivity contribution in [2.24, 2.45) is 0 Å². The topological polar surface area (TPSA) is 51.5 Å². The molecule has 21 heavy (non-hydrogen) atoms. The predicted molar refractivity (Wildman–Crippen MR) is 81.6 cm³/mol. The number of carbonyl (C=O) groups is 1. The van der Waals surface area contributed by atoms with Crippen molar-refractivity contribution in [1.82, 2.24) is 5.32 Å². The molecule has 2 aromatic rings. The van der Waals surface area contributed by atoms with Crippen LogP contribution in [0, 0.1) is 6.92 Å². The number of benzene rings is 1. The van der Waals surface area contributed by atoms with Crippen molar-refractivity contribution < 1.29 is 13.9 Å². The van der Waals surface area contributed by atoms with Crippen molar-refractivity contribution in [1.29, 1.82) is 0 Å². The van der Waals surface area contributed by atoms with E-state index in [0.29, 0.717) is 10.8 Å². The van der Waals surface area contributed by atoms with E-state index < -0.39 is 0 Å². The van der Waals surface area contributed by atoms with Gasteiger partial charge in [-0.1, -0.05) is 23.7 Å². The molecule has 2 rings (SSSR count). The molecule has 0 aliphatic rings. The fraction of sp³-hybridized carbons (Fsp3) is 0.312. The third-order valence-corrected chi connectivity index (χ3v) is 3.30. The van der Waals surface area contributed by atoms with E-state index in [1.807, 2.05) is 38.1 Å². The fourth-order valence-corrected chi connectivity index (χ4v) is 2.08. The van der Waals surface area contributed by atoms with Gasteiger partial charge in [0, 0.05) is 0 Å². The molecule has 1 aromatic carbocycles. The molecule has 0 spiro atoms. The molecule has 0 fully saturated rings. The number of hydrogen-bond donors (Lipinski definition) is 1. The summed E-state index contributed by atoms with van der Waals surface area (Å²) in [5.74, 6) is 2.06. The van der Waals surface area contributed by atoms with Gasteiger partial charge in [0.1, 0.15) is 17.3 Å². The number of furan rings is 1. The Kier molecular flexibility index (Phi) is 5.28. The van der Waals surface area contributed by atoms with Crippen LogP contribution in [0.25, 0.3) is 0 Å². The van der Waals surface area contributed by atoms with Gasteiger partial charge in [-0.2, -0.15) is 0 Å². The molecule has 1 amide bonds. The summed E-state index contributed by atoms with van der Waals surface area (Å²) in [6, 6.07) is 10.8. The summed E-state index contributed by atoms with van der Waals surface area (Å²) in [6.07, 6.45) is 0.259. The van der Waals surface area contributed by atoms with Crippen LogP contribution in [0.5, 0.6) is 5.75 Å². The molecule has 0 aliphatic carbocycles. The zero-order valence-corrected chi connectivity index (χ0v) is 12.8. The minimum Gasteiger partial charge on any atom is -0.491 e. The Hall–Kier alpha value is -1.94. The van der Waals surface area contributed by atoms with Gasteiger partial charge in [0.2, 0.25) is 5.91 Å². The number of para-hydroxylation sites is 1. The quantitative estimate of drug-likeness (QED) is 0.881. The highest BCUT2D eigenvalue weighted by Crippen LogP contribution is 2.23. The number of carbonyl (C=O) groups excluding carboxylic acids is 1. The van der Waals surface area contributed by atoms with E-state index in [1.54, 1.807) is 12.1 Å². The van der Waals surface area contributed by atoms with Crippen LogP contribution in [-0.4, -0.2) is 12.5 Å². The van der Waals surface area contributed by atoms with E-state index >= 15 is 0 Å². The van der Waals surface area contributed by atoms with Crippen LogP contribution in [0.4, 0.5) is 0 Å². The molecule has 4 nitrogen and oxygen atoms in total. The van der Waals surface area contributed by atoms with Gasteiger partial charge in [0.05, 0.1) is 24.1 Å². The number of amides is 1. The maximum absolute atomic E-state index is 11.8. The zero-order chi connectivity index (χ0) is 15.2. The van der Waals surface area contributed by atoms with Crippen LogP contribution in [0.15, 0.2) is 40.8 Å². The Balaban J connectivity index is 1.76. The number of ether oxygens (including phenoxy) is 1. The minimum absolute atomic E-state index is 0.0939.